The van der Waals surface area contributed by atoms with Crippen LogP contribution in [0.4, 0.5) is 5.69 Å². The minimum atomic E-state index is 0. The second kappa shape index (κ2) is 6.64. The topological polar surface area (TPSA) is 27.6 Å². The van der Waals surface area contributed by atoms with E-state index in [4.69, 9.17) is 4.99 Å². The molecule has 2 aliphatic heterocycles. The molecule has 0 amide bonds. The van der Waals surface area contributed by atoms with E-state index in [2.05, 4.69) is 41.5 Å². The maximum Gasteiger partial charge on any atom is 0.164 e. The van der Waals surface area contributed by atoms with Gasteiger partial charge in [-0.3, -0.25) is 0 Å². The molecule has 5 heteroatoms. The summed E-state index contributed by atoms with van der Waals surface area (Å²) in [6, 6.07) is 9.10. The molecule has 1 aromatic carbocycles. The summed E-state index contributed by atoms with van der Waals surface area (Å²) in [4.78, 5) is 7.18. The van der Waals surface area contributed by atoms with Crippen LogP contribution >= 0.6 is 24.2 Å². The standard InChI is InChI=1S/C14H19N3S.ClH/c1-17(12-6-8-15-9-7-12)14-16-13-5-3-2-4-11(13)10-18-14;/h2-5,12,15H,6-10H2,1H3;1H. The summed E-state index contributed by atoms with van der Waals surface area (Å²) in [6.07, 6.45) is 2.44. The molecule has 104 valence electrons. The molecule has 1 N–H and O–H groups in total. The molecule has 2 heterocycles. The van der Waals surface area contributed by atoms with Crippen molar-refractivity contribution in [3.63, 3.8) is 0 Å². The zero-order valence-electron chi connectivity index (χ0n) is 11.1. The largest absolute Gasteiger partial charge is 0.351 e. The lowest BCUT2D eigenvalue weighted by atomic mass is 10.1. The van der Waals surface area contributed by atoms with E-state index in [1.165, 1.54) is 23.6 Å². The highest BCUT2D eigenvalue weighted by molar-refractivity contribution is 8.13. The van der Waals surface area contributed by atoms with Gasteiger partial charge in [-0.1, -0.05) is 30.0 Å². The van der Waals surface area contributed by atoms with E-state index in [9.17, 15) is 0 Å². The van der Waals surface area contributed by atoms with E-state index in [0.717, 1.165) is 24.5 Å². The van der Waals surface area contributed by atoms with Gasteiger partial charge < -0.3 is 10.2 Å². The Hall–Kier alpha value is -0.710. The Balaban J connectivity index is 0.00000133. The smallest absolute Gasteiger partial charge is 0.164 e. The number of hydrogen-bond acceptors (Lipinski definition) is 4. The molecule has 19 heavy (non-hydrogen) atoms. The Morgan fingerprint density at radius 2 is 2.00 bits per heavy atom. The van der Waals surface area contributed by atoms with Gasteiger partial charge in [0.2, 0.25) is 0 Å². The normalized spacial score (nSPS) is 19.1. The number of fused-ring (bicyclic) bond motifs is 1. The molecule has 0 aliphatic carbocycles. The van der Waals surface area contributed by atoms with Gasteiger partial charge in [0.1, 0.15) is 0 Å². The van der Waals surface area contributed by atoms with Gasteiger partial charge in [-0.15, -0.1) is 12.4 Å². The van der Waals surface area contributed by atoms with Crippen molar-refractivity contribution < 1.29 is 0 Å². The van der Waals surface area contributed by atoms with Gasteiger partial charge >= 0.3 is 0 Å². The van der Waals surface area contributed by atoms with E-state index in [1.807, 2.05) is 11.8 Å². The third-order valence-corrected chi connectivity index (χ3v) is 4.82. The van der Waals surface area contributed by atoms with Crippen LogP contribution in [0.3, 0.4) is 0 Å². The summed E-state index contributed by atoms with van der Waals surface area (Å²) in [5, 5.41) is 4.60. The van der Waals surface area contributed by atoms with E-state index < -0.39 is 0 Å². The van der Waals surface area contributed by atoms with Crippen LogP contribution in [-0.4, -0.2) is 36.2 Å². The van der Waals surface area contributed by atoms with Crippen molar-refractivity contribution in [2.24, 2.45) is 4.99 Å². The molecular formula is C14H20ClN3S. The Bertz CT molecular complexity index is 458. The molecule has 3 rings (SSSR count). The number of hydrogen-bond donors (Lipinski definition) is 1. The van der Waals surface area contributed by atoms with Crippen LogP contribution in [0.2, 0.25) is 0 Å². The van der Waals surface area contributed by atoms with Gasteiger partial charge in [-0.05, 0) is 37.6 Å². The number of nitrogens with one attached hydrogen (secondary N) is 1. The molecule has 1 saturated heterocycles. The van der Waals surface area contributed by atoms with Crippen molar-refractivity contribution in [1.29, 1.82) is 0 Å². The summed E-state index contributed by atoms with van der Waals surface area (Å²) < 4.78 is 0. The molecule has 0 saturated carbocycles. The Kier molecular flexibility index (Phi) is 5.13. The zero-order chi connectivity index (χ0) is 12.4. The Labute approximate surface area is 125 Å². The van der Waals surface area contributed by atoms with Gasteiger partial charge in [-0.2, -0.15) is 0 Å². The van der Waals surface area contributed by atoms with E-state index >= 15 is 0 Å². The van der Waals surface area contributed by atoms with Crippen molar-refractivity contribution in [3.05, 3.63) is 29.8 Å². The highest BCUT2D eigenvalue weighted by Gasteiger charge is 2.23. The highest BCUT2D eigenvalue weighted by Crippen LogP contribution is 2.32. The fraction of sp³-hybridized carbons (Fsp3) is 0.500. The number of rotatable bonds is 1. The monoisotopic (exact) mass is 297 g/mol. The maximum atomic E-state index is 4.81. The van der Waals surface area contributed by atoms with Crippen LogP contribution in [0.15, 0.2) is 29.3 Å². The summed E-state index contributed by atoms with van der Waals surface area (Å²) in [7, 11) is 2.19. The summed E-state index contributed by atoms with van der Waals surface area (Å²) >= 11 is 1.86. The van der Waals surface area contributed by atoms with Crippen LogP contribution in [-0.2, 0) is 5.75 Å². The van der Waals surface area contributed by atoms with Crippen LogP contribution in [0.5, 0.6) is 0 Å². The van der Waals surface area contributed by atoms with Crippen molar-refractivity contribution in [1.82, 2.24) is 10.2 Å². The van der Waals surface area contributed by atoms with E-state index in [1.54, 1.807) is 0 Å². The first-order chi connectivity index (χ1) is 8.84. The molecule has 0 spiro atoms. The Morgan fingerprint density at radius 1 is 1.26 bits per heavy atom. The number of piperidine rings is 1. The number of aliphatic imine (C=N–C) groups is 1. The number of halogens is 1. The van der Waals surface area contributed by atoms with Gasteiger partial charge in [0, 0.05) is 18.8 Å². The fourth-order valence-corrected chi connectivity index (χ4v) is 3.59. The quantitative estimate of drug-likeness (QED) is 0.863. The minimum Gasteiger partial charge on any atom is -0.351 e. The van der Waals surface area contributed by atoms with Crippen molar-refractivity contribution in [2.45, 2.75) is 24.6 Å². The van der Waals surface area contributed by atoms with Crippen LogP contribution in [0, 0.1) is 0 Å². The Morgan fingerprint density at radius 3 is 2.79 bits per heavy atom. The minimum absolute atomic E-state index is 0. The predicted octanol–water partition coefficient (Wildman–Crippen LogP) is 3.03. The number of amidine groups is 1. The van der Waals surface area contributed by atoms with E-state index in [-0.39, 0.29) is 12.4 Å². The second-order valence-corrected chi connectivity index (χ2v) is 5.85. The number of benzene rings is 1. The molecule has 0 bridgehead atoms. The molecule has 1 fully saturated rings. The zero-order valence-corrected chi connectivity index (χ0v) is 12.8. The lowest BCUT2D eigenvalue weighted by Crippen LogP contribution is -2.43. The van der Waals surface area contributed by atoms with Gasteiger partial charge in [0.25, 0.3) is 0 Å². The van der Waals surface area contributed by atoms with Crippen LogP contribution in [0.1, 0.15) is 18.4 Å². The molecule has 0 aromatic heterocycles. The van der Waals surface area contributed by atoms with Crippen LogP contribution in [0.25, 0.3) is 0 Å². The first-order valence-corrected chi connectivity index (χ1v) is 7.56. The van der Waals surface area contributed by atoms with Crippen molar-refractivity contribution in [3.8, 4) is 0 Å². The summed E-state index contributed by atoms with van der Waals surface area (Å²) in [5.74, 6) is 1.05. The lowest BCUT2D eigenvalue weighted by molar-refractivity contribution is 0.293. The summed E-state index contributed by atoms with van der Waals surface area (Å²) in [6.45, 7) is 2.26. The number of nitrogens with zero attached hydrogens (tertiary/aromatic N) is 2. The molecular weight excluding hydrogens is 278 g/mol. The lowest BCUT2D eigenvalue weighted by Gasteiger charge is -2.34. The van der Waals surface area contributed by atoms with E-state index in [0.29, 0.717) is 6.04 Å². The first-order valence-electron chi connectivity index (χ1n) is 6.57. The van der Waals surface area contributed by atoms with Gasteiger partial charge in [0.15, 0.2) is 5.17 Å². The second-order valence-electron chi connectivity index (χ2n) is 4.90. The summed E-state index contributed by atoms with van der Waals surface area (Å²) in [5.41, 5.74) is 2.50. The van der Waals surface area contributed by atoms with Crippen molar-refractivity contribution >= 4 is 35.0 Å². The van der Waals surface area contributed by atoms with Crippen molar-refractivity contribution in [2.75, 3.05) is 20.1 Å². The number of para-hydroxylation sites is 1. The third-order valence-electron chi connectivity index (χ3n) is 3.72. The molecule has 2 aliphatic rings. The molecule has 0 radical (unpaired) electrons. The fourth-order valence-electron chi connectivity index (χ4n) is 2.55. The highest BCUT2D eigenvalue weighted by atomic mass is 35.5. The van der Waals surface area contributed by atoms with Crippen LogP contribution < -0.4 is 5.32 Å². The molecule has 1 aromatic rings. The average Bonchev–Trinajstić information content (AvgIpc) is 2.47. The first kappa shape index (κ1) is 14.7. The predicted molar refractivity (Wildman–Crippen MR) is 85.7 cm³/mol. The number of thioether (sulfide) groups is 1. The average molecular weight is 298 g/mol. The SMILES string of the molecule is CN(C1=Nc2ccccc2CS1)C1CCNCC1.Cl. The van der Waals surface area contributed by atoms with Gasteiger partial charge in [-0.25, -0.2) is 4.99 Å². The molecule has 3 nitrogen and oxygen atoms in total. The third kappa shape index (κ3) is 3.25. The molecule has 0 atom stereocenters. The molecule has 0 unspecified atom stereocenters. The van der Waals surface area contributed by atoms with Gasteiger partial charge in [0.05, 0.1) is 5.69 Å². The maximum absolute atomic E-state index is 4.81.